The number of hydrogen-bond donors (Lipinski definition) is 8. The van der Waals surface area contributed by atoms with Gasteiger partial charge in [-0.2, -0.15) is 0 Å². The molecule has 0 aliphatic carbocycles. The molecule has 0 fully saturated rings. The Hall–Kier alpha value is -2.83. The van der Waals surface area contributed by atoms with Crippen molar-refractivity contribution in [2.45, 2.75) is 229 Å². The number of hydrogen-bond acceptors (Lipinski definition) is 16. The van der Waals surface area contributed by atoms with Crippen LogP contribution in [0.2, 0.25) is 0 Å². The third-order valence-corrected chi connectivity index (χ3v) is 11.0. The van der Waals surface area contributed by atoms with Gasteiger partial charge in [-0.15, -0.1) is 0 Å². The summed E-state index contributed by atoms with van der Waals surface area (Å²) in [5, 5.41) is 98.1. The summed E-state index contributed by atoms with van der Waals surface area (Å²) < 4.78 is 9.31. The van der Waals surface area contributed by atoms with E-state index in [2.05, 4.69) is 9.47 Å². The Bertz CT molecular complexity index is 1190. The number of rotatable bonds is 36. The summed E-state index contributed by atoms with van der Waals surface area (Å²) in [5.74, 6) is -7.42. The molecule has 0 bridgehead atoms. The van der Waals surface area contributed by atoms with Gasteiger partial charge in [0.2, 0.25) is 11.5 Å². The van der Waals surface area contributed by atoms with E-state index in [0.29, 0.717) is 25.7 Å². The molecule has 8 N–H and O–H groups in total. The zero-order valence-corrected chi connectivity index (χ0v) is 37.6. The van der Waals surface area contributed by atoms with Gasteiger partial charge in [-0.05, 0) is 38.5 Å². The average molecular weight is 883 g/mol. The summed E-state index contributed by atoms with van der Waals surface area (Å²) in [5.41, 5.74) is 0. The van der Waals surface area contributed by atoms with Crippen LogP contribution in [-0.4, -0.2) is 124 Å². The van der Waals surface area contributed by atoms with Gasteiger partial charge in [0, 0.05) is 11.9 Å². The number of aliphatic hydroxyl groups is 8. The molecule has 61 heavy (non-hydrogen) atoms. The Morgan fingerprint density at radius 3 is 0.836 bits per heavy atom. The van der Waals surface area contributed by atoms with Gasteiger partial charge in [-0.25, -0.2) is 9.59 Å². The van der Waals surface area contributed by atoms with Gasteiger partial charge in [-0.3, -0.25) is 0 Å². The molecule has 0 spiro atoms. The molecule has 16 nitrogen and oxygen atoms in total. The van der Waals surface area contributed by atoms with E-state index in [0.717, 1.165) is 89.9 Å². The second kappa shape index (κ2) is 35.6. The predicted molar refractivity (Wildman–Crippen MR) is 223 cm³/mol. The maximum atomic E-state index is 11.1. The van der Waals surface area contributed by atoms with Crippen molar-refractivity contribution < 1.29 is 79.7 Å². The second-order valence-corrected chi connectivity index (χ2v) is 16.2. The van der Waals surface area contributed by atoms with Crippen molar-refractivity contribution in [3.63, 3.8) is 0 Å². The quantitative estimate of drug-likeness (QED) is 0.0239. The minimum Gasteiger partial charge on any atom is -0.550 e. The number of aliphatic hydroxyl groups excluding tert-OH is 8. The van der Waals surface area contributed by atoms with Crippen molar-refractivity contribution >= 4 is 46.9 Å². The van der Waals surface area contributed by atoms with Crippen molar-refractivity contribution in [2.24, 2.45) is 0 Å². The summed E-state index contributed by atoms with van der Waals surface area (Å²) in [7, 11) is 0. The van der Waals surface area contributed by atoms with Crippen molar-refractivity contribution in [3.8, 4) is 0 Å². The van der Waals surface area contributed by atoms with E-state index in [4.69, 9.17) is 0 Å². The minimum absolute atomic E-state index is 0. The molecule has 2 rings (SSSR count). The summed E-state index contributed by atoms with van der Waals surface area (Å²) in [6, 6.07) is 0. The Kier molecular flexibility index (Phi) is 34.0. The van der Waals surface area contributed by atoms with E-state index < -0.39 is 83.5 Å². The fourth-order valence-electron chi connectivity index (χ4n) is 7.28. The van der Waals surface area contributed by atoms with Gasteiger partial charge < -0.3 is 70.1 Å². The molecule has 0 radical (unpaired) electrons. The van der Waals surface area contributed by atoms with E-state index in [1.54, 1.807) is 0 Å². The fourth-order valence-corrected chi connectivity index (χ4v) is 7.28. The third kappa shape index (κ3) is 26.4. The van der Waals surface area contributed by atoms with Gasteiger partial charge in [-0.1, -0.05) is 154 Å². The molecule has 0 aromatic rings. The van der Waals surface area contributed by atoms with Crippen LogP contribution < -0.4 is 10.2 Å². The summed E-state index contributed by atoms with van der Waals surface area (Å²) in [6.07, 6.45) is 20.5. The topological polar surface area (TPSA) is 295 Å². The first-order valence-electron chi connectivity index (χ1n) is 22.5. The zero-order valence-electron chi connectivity index (χ0n) is 36.2. The number of aliphatic carboxylic acids is 2. The summed E-state index contributed by atoms with van der Waals surface area (Å²) >= 11 is 0. The number of carbonyl (C=O) groups excluding carboxylic acids is 4. The molecule has 2 aliphatic rings. The number of cyclic esters (lactones) is 2. The molecule has 348 valence electrons. The van der Waals surface area contributed by atoms with Gasteiger partial charge in [0.05, 0.1) is 12.2 Å². The standard InChI is InChI=1S/2C22H38O8.Mg/c2*23-16(18(26)21-19(27)20(28)22(29)30-21)14-12-10-8-6-4-2-1-3-5-7-9-11-13-15-17(24)25;/h2*16,18,21,23,26-28H,1-15H2,(H,24,25);/q;;+2/p-2/t2*16?,18-,21+;/m00./s1. The van der Waals surface area contributed by atoms with Crippen LogP contribution in [0, 0.1) is 0 Å². The van der Waals surface area contributed by atoms with Gasteiger partial charge in [0.25, 0.3) is 0 Å². The SMILES string of the molecule is O=C([O-])CCCCCCCCCCCCCCCC(O)[C@H](O)[C@H]1OC(=O)C(O)=C1O.O=C([O-])CCCCCCCCCCCCCCCC(O)[C@H](O)[C@H]1OC(=O)C(O)=C1O.[Mg+2]. The van der Waals surface area contributed by atoms with Crippen molar-refractivity contribution in [1.29, 1.82) is 0 Å². The van der Waals surface area contributed by atoms with Crippen LogP contribution >= 0.6 is 0 Å². The molecular formula is C44H74MgO16. The zero-order chi connectivity index (χ0) is 44.7. The van der Waals surface area contributed by atoms with Crippen molar-refractivity contribution in [1.82, 2.24) is 0 Å². The minimum atomic E-state index is -1.47. The molecule has 2 unspecified atom stereocenters. The molecule has 2 heterocycles. The van der Waals surface area contributed by atoms with E-state index in [9.17, 15) is 70.2 Å². The molecule has 2 aliphatic heterocycles. The van der Waals surface area contributed by atoms with Crippen LogP contribution in [0.4, 0.5) is 0 Å². The first-order valence-corrected chi connectivity index (χ1v) is 22.5. The number of carboxylic acid groups (broad SMARTS) is 2. The second-order valence-electron chi connectivity index (χ2n) is 16.2. The Morgan fingerprint density at radius 2 is 0.639 bits per heavy atom. The molecule has 0 saturated carbocycles. The maximum Gasteiger partial charge on any atom is 2.00 e. The monoisotopic (exact) mass is 882 g/mol. The van der Waals surface area contributed by atoms with Crippen LogP contribution in [-0.2, 0) is 28.7 Å². The van der Waals surface area contributed by atoms with Crippen LogP contribution in [0.15, 0.2) is 23.0 Å². The first kappa shape index (κ1) is 58.2. The number of carbonyl (C=O) groups is 4. The van der Waals surface area contributed by atoms with Gasteiger partial charge >= 0.3 is 35.0 Å². The van der Waals surface area contributed by atoms with E-state index >= 15 is 0 Å². The van der Waals surface area contributed by atoms with Crippen LogP contribution in [0.1, 0.15) is 193 Å². The van der Waals surface area contributed by atoms with Gasteiger partial charge in [0.15, 0.2) is 23.7 Å². The molecule has 6 atom stereocenters. The number of unbranched alkanes of at least 4 members (excludes halogenated alkanes) is 24. The fraction of sp³-hybridized carbons (Fsp3) is 0.818. The molecule has 0 aromatic carbocycles. The normalized spacial score (nSPS) is 18.2. The first-order chi connectivity index (χ1) is 28.7. The Labute approximate surface area is 377 Å². The summed E-state index contributed by atoms with van der Waals surface area (Å²) in [4.78, 5) is 42.9. The Balaban J connectivity index is 0.00000116. The maximum absolute atomic E-state index is 11.1. The molecule has 0 amide bonds. The largest absolute Gasteiger partial charge is 2.00 e. The van der Waals surface area contributed by atoms with Crippen LogP contribution in [0.3, 0.4) is 0 Å². The predicted octanol–water partition coefficient (Wildman–Crippen LogP) is 4.74. The number of ether oxygens (including phenoxy) is 2. The Morgan fingerprint density at radius 1 is 0.426 bits per heavy atom. The molecule has 0 saturated heterocycles. The third-order valence-electron chi connectivity index (χ3n) is 11.0. The summed E-state index contributed by atoms with van der Waals surface area (Å²) in [6.45, 7) is 0. The van der Waals surface area contributed by atoms with Gasteiger partial charge in [0.1, 0.15) is 12.2 Å². The average Bonchev–Trinajstić information content (AvgIpc) is 3.63. The molecular weight excluding hydrogens is 809 g/mol. The van der Waals surface area contributed by atoms with Crippen molar-refractivity contribution in [2.75, 3.05) is 0 Å². The number of carboxylic acids is 2. The van der Waals surface area contributed by atoms with E-state index in [1.165, 1.54) is 64.2 Å². The van der Waals surface area contributed by atoms with Crippen LogP contribution in [0.5, 0.6) is 0 Å². The van der Waals surface area contributed by atoms with Crippen LogP contribution in [0.25, 0.3) is 0 Å². The van der Waals surface area contributed by atoms with Crippen molar-refractivity contribution in [3.05, 3.63) is 23.0 Å². The van der Waals surface area contributed by atoms with E-state index in [1.807, 2.05) is 0 Å². The smallest absolute Gasteiger partial charge is 0.550 e. The molecule has 0 aromatic heterocycles. The molecule has 17 heteroatoms. The number of esters is 2. The van der Waals surface area contributed by atoms with E-state index in [-0.39, 0.29) is 35.9 Å².